The Morgan fingerprint density at radius 1 is 1.14 bits per heavy atom. The van der Waals surface area contributed by atoms with Crippen LogP contribution in [0.25, 0.3) is 11.4 Å². The minimum atomic E-state index is -3.04. The van der Waals surface area contributed by atoms with Gasteiger partial charge in [-0.05, 0) is 19.1 Å². The van der Waals surface area contributed by atoms with Gasteiger partial charge in [0, 0.05) is 18.7 Å². The van der Waals surface area contributed by atoms with Crippen LogP contribution in [0.4, 0.5) is 30.4 Å². The van der Waals surface area contributed by atoms with E-state index in [1.807, 2.05) is 0 Å². The second-order valence-electron chi connectivity index (χ2n) is 7.72. The Morgan fingerprint density at radius 2 is 1.86 bits per heavy atom. The molecule has 2 aromatic heterocycles. The first-order valence-corrected chi connectivity index (χ1v) is 10.8. The summed E-state index contributed by atoms with van der Waals surface area (Å²) in [6, 6.07) is 6.28. The summed E-state index contributed by atoms with van der Waals surface area (Å²) in [6.07, 6.45) is 2.66. The van der Waals surface area contributed by atoms with Gasteiger partial charge in [-0.3, -0.25) is 14.4 Å². The smallest absolute Gasteiger partial charge is 0.278 e. The number of ether oxygens (including phenoxy) is 1. The summed E-state index contributed by atoms with van der Waals surface area (Å²) in [4.78, 5) is 41.7. The lowest BCUT2D eigenvalue weighted by Gasteiger charge is -2.17. The fourth-order valence-corrected chi connectivity index (χ4v) is 3.34. The summed E-state index contributed by atoms with van der Waals surface area (Å²) in [5, 5.41) is 5.38. The minimum absolute atomic E-state index is 0.0312. The molecule has 1 aliphatic rings. The van der Waals surface area contributed by atoms with Gasteiger partial charge in [-0.25, -0.2) is 33.6 Å². The standard InChI is InChI=1S/C23H21F3N6O4/c1-3-36-32-21(33)14-11-27-18(31-22(34)15-8-23(15,25)26)7-17(14)30-16-6-4-5-13(19(16)35-2)20-28-9-12(24)10-29-20/h4-7,9-11,15H,3,8H2,1-2H3,(H,32,33)(H2,27,30,31,34). The molecule has 0 aliphatic heterocycles. The van der Waals surface area contributed by atoms with Crippen molar-refractivity contribution in [2.75, 3.05) is 24.4 Å². The maximum absolute atomic E-state index is 13.3. The van der Waals surface area contributed by atoms with Crippen molar-refractivity contribution >= 4 is 29.0 Å². The van der Waals surface area contributed by atoms with Gasteiger partial charge in [-0.2, -0.15) is 0 Å². The van der Waals surface area contributed by atoms with E-state index in [1.54, 1.807) is 25.1 Å². The normalized spacial score (nSPS) is 15.6. The lowest BCUT2D eigenvalue weighted by Crippen LogP contribution is -2.25. The number of halogens is 3. The maximum Gasteiger partial charge on any atom is 0.278 e. The number of nitrogens with zero attached hydrogens (tertiary/aromatic N) is 3. The van der Waals surface area contributed by atoms with E-state index in [0.29, 0.717) is 11.3 Å². The van der Waals surface area contributed by atoms with Crippen LogP contribution in [0.1, 0.15) is 23.7 Å². The van der Waals surface area contributed by atoms with Crippen LogP contribution in [0.3, 0.4) is 0 Å². The Hall–Kier alpha value is -4.26. The van der Waals surface area contributed by atoms with E-state index in [9.17, 15) is 22.8 Å². The number of amides is 2. The number of pyridine rings is 1. The van der Waals surface area contributed by atoms with Gasteiger partial charge in [0.05, 0.1) is 48.6 Å². The molecule has 2 amide bonds. The molecule has 2 heterocycles. The third-order valence-electron chi connectivity index (χ3n) is 5.20. The summed E-state index contributed by atoms with van der Waals surface area (Å²) >= 11 is 0. The van der Waals surface area contributed by atoms with Crippen molar-refractivity contribution in [3.05, 3.63) is 54.2 Å². The van der Waals surface area contributed by atoms with Crippen molar-refractivity contribution < 1.29 is 32.3 Å². The molecule has 0 saturated heterocycles. The largest absolute Gasteiger partial charge is 0.494 e. The molecule has 1 atom stereocenters. The van der Waals surface area contributed by atoms with Crippen LogP contribution in [-0.4, -0.2) is 46.4 Å². The second-order valence-corrected chi connectivity index (χ2v) is 7.72. The predicted molar refractivity (Wildman–Crippen MR) is 122 cm³/mol. The molecule has 0 bridgehead atoms. The molecule has 3 aromatic rings. The average molecular weight is 502 g/mol. The van der Waals surface area contributed by atoms with E-state index >= 15 is 0 Å². The second kappa shape index (κ2) is 10.2. The number of anilines is 3. The number of aromatic nitrogens is 3. The summed E-state index contributed by atoms with van der Waals surface area (Å²) in [5.74, 6) is -6.17. The SMILES string of the molecule is CCONC(=O)c1cnc(NC(=O)C2CC2(F)F)cc1Nc1cccc(-c2ncc(F)cn2)c1OC. The van der Waals surface area contributed by atoms with Gasteiger partial charge in [-0.15, -0.1) is 0 Å². The van der Waals surface area contributed by atoms with Crippen LogP contribution in [0.15, 0.2) is 42.9 Å². The zero-order valence-electron chi connectivity index (χ0n) is 19.1. The number of rotatable bonds is 9. The van der Waals surface area contributed by atoms with E-state index in [4.69, 9.17) is 9.57 Å². The predicted octanol–water partition coefficient (Wildman–Crippen LogP) is 3.70. The number of methoxy groups -OCH3 is 1. The Labute approximate surface area is 203 Å². The maximum atomic E-state index is 13.3. The fraction of sp³-hybridized carbons (Fsp3) is 0.261. The molecule has 3 N–H and O–H groups in total. The molecule has 1 saturated carbocycles. The number of carbonyl (C=O) groups excluding carboxylic acids is 2. The molecule has 10 nitrogen and oxygen atoms in total. The van der Waals surface area contributed by atoms with Gasteiger partial charge >= 0.3 is 0 Å². The quantitative estimate of drug-likeness (QED) is 0.378. The van der Waals surface area contributed by atoms with Gasteiger partial charge in [-0.1, -0.05) is 6.07 Å². The van der Waals surface area contributed by atoms with Crippen molar-refractivity contribution in [3.63, 3.8) is 0 Å². The van der Waals surface area contributed by atoms with Crippen LogP contribution < -0.4 is 20.9 Å². The Morgan fingerprint density at radius 3 is 2.50 bits per heavy atom. The molecule has 1 fully saturated rings. The Balaban J connectivity index is 1.69. The molecule has 1 unspecified atom stereocenters. The number of benzene rings is 1. The lowest BCUT2D eigenvalue weighted by atomic mass is 10.1. The van der Waals surface area contributed by atoms with E-state index in [-0.39, 0.29) is 35.2 Å². The third-order valence-corrected chi connectivity index (χ3v) is 5.20. The first-order valence-electron chi connectivity index (χ1n) is 10.8. The molecule has 0 radical (unpaired) electrons. The van der Waals surface area contributed by atoms with E-state index in [0.717, 1.165) is 18.6 Å². The summed E-state index contributed by atoms with van der Waals surface area (Å²) in [5.41, 5.74) is 3.24. The zero-order chi connectivity index (χ0) is 25.9. The number of para-hydroxylation sites is 1. The zero-order valence-corrected chi connectivity index (χ0v) is 19.1. The van der Waals surface area contributed by atoms with Gasteiger partial charge < -0.3 is 15.4 Å². The van der Waals surface area contributed by atoms with Crippen molar-refractivity contribution in [2.45, 2.75) is 19.3 Å². The average Bonchev–Trinajstić information content (AvgIpc) is 3.51. The summed E-state index contributed by atoms with van der Waals surface area (Å²) in [7, 11) is 1.41. The minimum Gasteiger partial charge on any atom is -0.494 e. The summed E-state index contributed by atoms with van der Waals surface area (Å²) in [6.45, 7) is 1.89. The van der Waals surface area contributed by atoms with Crippen LogP contribution >= 0.6 is 0 Å². The van der Waals surface area contributed by atoms with Crippen molar-refractivity contribution in [1.82, 2.24) is 20.4 Å². The number of alkyl halides is 2. The number of nitrogens with one attached hydrogen (secondary N) is 3. The van der Waals surface area contributed by atoms with Crippen molar-refractivity contribution in [3.8, 4) is 17.1 Å². The number of carbonyl (C=O) groups is 2. The van der Waals surface area contributed by atoms with Gasteiger partial charge in [0.25, 0.3) is 11.8 Å². The fourth-order valence-electron chi connectivity index (χ4n) is 3.34. The van der Waals surface area contributed by atoms with Crippen molar-refractivity contribution in [1.29, 1.82) is 0 Å². The van der Waals surface area contributed by atoms with Crippen LogP contribution in [0, 0.1) is 11.7 Å². The highest BCUT2D eigenvalue weighted by Gasteiger charge is 2.61. The first-order chi connectivity index (χ1) is 17.2. The number of hydrogen-bond acceptors (Lipinski definition) is 8. The van der Waals surface area contributed by atoms with Gasteiger partial charge in [0.15, 0.2) is 17.4 Å². The topological polar surface area (TPSA) is 127 Å². The highest BCUT2D eigenvalue weighted by molar-refractivity contribution is 6.01. The van der Waals surface area contributed by atoms with E-state index in [1.165, 1.54) is 13.2 Å². The highest BCUT2D eigenvalue weighted by Crippen LogP contribution is 2.49. The molecule has 0 spiro atoms. The molecule has 1 aliphatic carbocycles. The van der Waals surface area contributed by atoms with Gasteiger partial charge in [0.2, 0.25) is 5.91 Å². The molecule has 1 aromatic carbocycles. The Kier molecular flexibility index (Phi) is 7.01. The molecule has 4 rings (SSSR count). The van der Waals surface area contributed by atoms with Crippen LogP contribution in [0.5, 0.6) is 5.75 Å². The van der Waals surface area contributed by atoms with Crippen molar-refractivity contribution in [2.24, 2.45) is 5.92 Å². The molecule has 36 heavy (non-hydrogen) atoms. The van der Waals surface area contributed by atoms with Gasteiger partial charge in [0.1, 0.15) is 11.7 Å². The molecule has 13 heteroatoms. The molecular weight excluding hydrogens is 481 g/mol. The highest BCUT2D eigenvalue weighted by atomic mass is 19.3. The number of hydrogen-bond donors (Lipinski definition) is 3. The monoisotopic (exact) mass is 502 g/mol. The van der Waals surface area contributed by atoms with Crippen LogP contribution in [-0.2, 0) is 9.63 Å². The number of hydroxylamine groups is 1. The van der Waals surface area contributed by atoms with E-state index in [2.05, 4.69) is 31.1 Å². The van der Waals surface area contributed by atoms with Crippen LogP contribution in [0.2, 0.25) is 0 Å². The molecule has 188 valence electrons. The van der Waals surface area contributed by atoms with E-state index < -0.39 is 35.9 Å². The lowest BCUT2D eigenvalue weighted by molar-refractivity contribution is -0.119. The third kappa shape index (κ3) is 5.35. The Bertz CT molecular complexity index is 1290. The first kappa shape index (κ1) is 24.9. The summed E-state index contributed by atoms with van der Waals surface area (Å²) < 4.78 is 45.4. The molecular formula is C23H21F3N6O4.